The number of nitrogens with zero attached hydrogens (tertiary/aromatic N) is 1. The van der Waals surface area contributed by atoms with E-state index in [-0.39, 0.29) is 12.5 Å². The Morgan fingerprint density at radius 3 is 2.48 bits per heavy atom. The first-order valence-electron chi connectivity index (χ1n) is 9.63. The third kappa shape index (κ3) is 4.90. The highest BCUT2D eigenvalue weighted by Crippen LogP contribution is 2.25. The van der Waals surface area contributed by atoms with Gasteiger partial charge in [0.05, 0.1) is 12.7 Å². The summed E-state index contributed by atoms with van der Waals surface area (Å²) in [5.41, 5.74) is 2.14. The second kappa shape index (κ2) is 9.13. The van der Waals surface area contributed by atoms with E-state index in [0.29, 0.717) is 34.8 Å². The number of nitrogens with one attached hydrogen (secondary N) is 1. The van der Waals surface area contributed by atoms with Crippen molar-refractivity contribution in [3.05, 3.63) is 89.0 Å². The van der Waals surface area contributed by atoms with Crippen LogP contribution in [0.2, 0.25) is 0 Å². The summed E-state index contributed by atoms with van der Waals surface area (Å²) in [4.78, 5) is 28.3. The van der Waals surface area contributed by atoms with Crippen molar-refractivity contribution in [2.45, 2.75) is 6.54 Å². The number of pyridine rings is 1. The first kappa shape index (κ1) is 20.2. The zero-order chi connectivity index (χ0) is 21.6. The van der Waals surface area contributed by atoms with Gasteiger partial charge in [-0.2, -0.15) is 0 Å². The van der Waals surface area contributed by atoms with Crippen molar-refractivity contribution in [2.24, 2.45) is 0 Å². The molecule has 1 N–H and O–H groups in total. The zero-order valence-corrected chi connectivity index (χ0v) is 16.8. The van der Waals surface area contributed by atoms with Crippen LogP contribution in [-0.2, 0) is 11.3 Å². The van der Waals surface area contributed by atoms with Crippen molar-refractivity contribution in [3.8, 4) is 22.6 Å². The summed E-state index contributed by atoms with van der Waals surface area (Å²) < 4.78 is 16.2. The summed E-state index contributed by atoms with van der Waals surface area (Å²) in [5.74, 6) is 0.970. The first-order chi connectivity index (χ1) is 15.1. The lowest BCUT2D eigenvalue weighted by molar-refractivity contribution is -0.123. The maximum atomic E-state index is 12.4. The van der Waals surface area contributed by atoms with E-state index in [4.69, 9.17) is 13.9 Å². The molecule has 156 valence electrons. The lowest BCUT2D eigenvalue weighted by atomic mass is 10.1. The van der Waals surface area contributed by atoms with Crippen molar-refractivity contribution >= 4 is 16.9 Å². The fourth-order valence-electron chi connectivity index (χ4n) is 3.06. The number of rotatable bonds is 7. The molecule has 0 atom stereocenters. The lowest BCUT2D eigenvalue weighted by Crippen LogP contribution is -2.28. The van der Waals surface area contributed by atoms with Crippen LogP contribution in [0.5, 0.6) is 11.5 Å². The van der Waals surface area contributed by atoms with Gasteiger partial charge in [0.15, 0.2) is 6.61 Å². The Labute approximate surface area is 178 Å². The summed E-state index contributed by atoms with van der Waals surface area (Å²) in [6.45, 7) is 0.300. The van der Waals surface area contributed by atoms with Crippen LogP contribution in [0.25, 0.3) is 22.1 Å². The van der Waals surface area contributed by atoms with Gasteiger partial charge in [0, 0.05) is 24.3 Å². The standard InChI is InChI=1S/C24H20N2O5/c1-29-20-6-7-22-18(12-20)13-21(24(28)31-22)17-2-4-19(5-3-17)30-15-23(27)26-14-16-8-10-25-11-9-16/h2-13H,14-15H2,1H3,(H,26,27). The van der Waals surface area contributed by atoms with Crippen LogP contribution < -0.4 is 20.4 Å². The third-order valence-electron chi connectivity index (χ3n) is 4.71. The minimum absolute atomic E-state index is 0.109. The molecule has 0 aliphatic heterocycles. The minimum atomic E-state index is -0.429. The van der Waals surface area contributed by atoms with E-state index < -0.39 is 5.63 Å². The van der Waals surface area contributed by atoms with E-state index in [1.807, 2.05) is 18.2 Å². The van der Waals surface area contributed by atoms with Gasteiger partial charge in [-0.25, -0.2) is 4.79 Å². The number of hydrogen-bond acceptors (Lipinski definition) is 6. The minimum Gasteiger partial charge on any atom is -0.497 e. The van der Waals surface area contributed by atoms with Crippen molar-refractivity contribution in [2.75, 3.05) is 13.7 Å². The van der Waals surface area contributed by atoms with Gasteiger partial charge < -0.3 is 19.2 Å². The van der Waals surface area contributed by atoms with E-state index in [1.165, 1.54) is 0 Å². The molecule has 0 bridgehead atoms. The number of benzene rings is 2. The molecule has 7 heteroatoms. The third-order valence-corrected chi connectivity index (χ3v) is 4.71. The maximum absolute atomic E-state index is 12.4. The van der Waals surface area contributed by atoms with Gasteiger partial charge in [-0.05, 0) is 59.7 Å². The van der Waals surface area contributed by atoms with Crippen LogP contribution in [0.15, 0.2) is 82.3 Å². The largest absolute Gasteiger partial charge is 0.497 e. The number of methoxy groups -OCH3 is 1. The average molecular weight is 416 g/mol. The molecule has 2 aromatic carbocycles. The van der Waals surface area contributed by atoms with Crippen LogP contribution in [0.4, 0.5) is 0 Å². The molecule has 2 heterocycles. The number of fused-ring (bicyclic) bond motifs is 1. The zero-order valence-electron chi connectivity index (χ0n) is 16.8. The number of hydrogen-bond donors (Lipinski definition) is 1. The molecule has 31 heavy (non-hydrogen) atoms. The summed E-state index contributed by atoms with van der Waals surface area (Å²) in [5, 5.41) is 3.55. The lowest BCUT2D eigenvalue weighted by Gasteiger charge is -2.09. The molecule has 0 aliphatic carbocycles. The van der Waals surface area contributed by atoms with Gasteiger partial charge in [-0.3, -0.25) is 9.78 Å². The second-order valence-electron chi connectivity index (χ2n) is 6.80. The molecule has 0 unspecified atom stereocenters. The Balaban J connectivity index is 1.41. The van der Waals surface area contributed by atoms with E-state index in [9.17, 15) is 9.59 Å². The Bertz CT molecular complexity index is 1250. The van der Waals surface area contributed by atoms with Crippen LogP contribution in [0, 0.1) is 0 Å². The topological polar surface area (TPSA) is 90.7 Å². The smallest absolute Gasteiger partial charge is 0.344 e. The Morgan fingerprint density at radius 1 is 1.00 bits per heavy atom. The maximum Gasteiger partial charge on any atom is 0.344 e. The van der Waals surface area contributed by atoms with Gasteiger partial charge in [-0.1, -0.05) is 12.1 Å². The Morgan fingerprint density at radius 2 is 1.74 bits per heavy atom. The van der Waals surface area contributed by atoms with Crippen molar-refractivity contribution in [3.63, 3.8) is 0 Å². The fourth-order valence-corrected chi connectivity index (χ4v) is 3.06. The van der Waals surface area contributed by atoms with Gasteiger partial charge in [0.1, 0.15) is 17.1 Å². The van der Waals surface area contributed by atoms with E-state index in [1.54, 1.807) is 62.0 Å². The summed E-state index contributed by atoms with van der Waals surface area (Å²) in [6.07, 6.45) is 3.35. The Hall–Kier alpha value is -4.13. The number of aromatic nitrogens is 1. The normalized spacial score (nSPS) is 10.6. The average Bonchev–Trinajstić information content (AvgIpc) is 2.81. The molecule has 2 aromatic heterocycles. The number of amides is 1. The van der Waals surface area contributed by atoms with Crippen molar-refractivity contribution in [1.82, 2.24) is 10.3 Å². The molecule has 4 rings (SSSR count). The van der Waals surface area contributed by atoms with Crippen molar-refractivity contribution in [1.29, 1.82) is 0 Å². The molecule has 0 saturated carbocycles. The molecule has 0 aliphatic rings. The van der Waals surface area contributed by atoms with E-state index in [0.717, 1.165) is 10.9 Å². The summed E-state index contributed by atoms with van der Waals surface area (Å²) in [6, 6.07) is 17.6. The number of ether oxygens (including phenoxy) is 2. The highest BCUT2D eigenvalue weighted by atomic mass is 16.5. The first-order valence-corrected chi connectivity index (χ1v) is 9.63. The molecule has 0 fully saturated rings. The Kier molecular flexibility index (Phi) is 5.93. The second-order valence-corrected chi connectivity index (χ2v) is 6.80. The number of carbonyl (C=O) groups excluding carboxylic acids is 1. The molecule has 0 radical (unpaired) electrons. The SMILES string of the molecule is COc1ccc2oc(=O)c(-c3ccc(OCC(=O)NCc4ccncc4)cc3)cc2c1. The van der Waals surface area contributed by atoms with Crippen LogP contribution in [0.1, 0.15) is 5.56 Å². The quantitative estimate of drug-likeness (QED) is 0.463. The molecular formula is C24H20N2O5. The van der Waals surface area contributed by atoms with E-state index in [2.05, 4.69) is 10.3 Å². The summed E-state index contributed by atoms with van der Waals surface area (Å²) in [7, 11) is 1.58. The van der Waals surface area contributed by atoms with E-state index >= 15 is 0 Å². The predicted octanol–water partition coefficient (Wildman–Crippen LogP) is 3.56. The molecule has 7 nitrogen and oxygen atoms in total. The number of carbonyl (C=O) groups is 1. The summed E-state index contributed by atoms with van der Waals surface area (Å²) >= 11 is 0. The van der Waals surface area contributed by atoms with Crippen molar-refractivity contribution < 1.29 is 18.7 Å². The molecule has 4 aromatic rings. The van der Waals surface area contributed by atoms with Gasteiger partial charge in [0.25, 0.3) is 5.91 Å². The molecule has 0 spiro atoms. The van der Waals surface area contributed by atoms with Crippen LogP contribution in [0.3, 0.4) is 0 Å². The monoisotopic (exact) mass is 416 g/mol. The van der Waals surface area contributed by atoms with Gasteiger partial charge >= 0.3 is 5.63 Å². The molecular weight excluding hydrogens is 396 g/mol. The highest BCUT2D eigenvalue weighted by Gasteiger charge is 2.10. The van der Waals surface area contributed by atoms with Gasteiger partial charge in [0.2, 0.25) is 0 Å². The predicted molar refractivity (Wildman–Crippen MR) is 116 cm³/mol. The van der Waals surface area contributed by atoms with Gasteiger partial charge in [-0.15, -0.1) is 0 Å². The van der Waals surface area contributed by atoms with Crippen LogP contribution >= 0.6 is 0 Å². The molecule has 1 amide bonds. The van der Waals surface area contributed by atoms with Crippen LogP contribution in [-0.4, -0.2) is 24.6 Å². The molecule has 0 saturated heterocycles. The highest BCUT2D eigenvalue weighted by molar-refractivity contribution is 5.83. The fraction of sp³-hybridized carbons (Fsp3) is 0.125.